The lowest BCUT2D eigenvalue weighted by molar-refractivity contribution is -0.305. The first-order valence-corrected chi connectivity index (χ1v) is 20.2. The van der Waals surface area contributed by atoms with Gasteiger partial charge in [0.2, 0.25) is 0 Å². The molecule has 6 atom stereocenters. The van der Waals surface area contributed by atoms with Crippen LogP contribution < -0.4 is 0 Å². The van der Waals surface area contributed by atoms with E-state index in [4.69, 9.17) is 18.9 Å². The largest absolute Gasteiger partial charge is 0.462 e. The normalized spacial score (nSPS) is 20.9. The Balaban J connectivity index is 2.41. The molecule has 1 heterocycles. The Bertz CT molecular complexity index is 945. The van der Waals surface area contributed by atoms with Gasteiger partial charge in [0.25, 0.3) is 0 Å². The highest BCUT2D eigenvalue weighted by atomic mass is 16.7. The number of carbonyl (C=O) groups excluding carboxylic acids is 2. The molecular formula is C41H72O10. The lowest BCUT2D eigenvalue weighted by atomic mass is 9.99. The molecule has 0 aliphatic carbocycles. The number of unbranched alkanes of at least 4 members (excludes halogenated alkanes) is 17. The van der Waals surface area contributed by atoms with E-state index < -0.39 is 55.4 Å². The minimum atomic E-state index is -1.60. The summed E-state index contributed by atoms with van der Waals surface area (Å²) in [6.07, 6.45) is 24.0. The van der Waals surface area contributed by atoms with E-state index in [-0.39, 0.29) is 26.1 Å². The van der Waals surface area contributed by atoms with Crippen molar-refractivity contribution in [2.24, 2.45) is 0 Å². The number of carbonyl (C=O) groups is 2. The monoisotopic (exact) mass is 725 g/mol. The Morgan fingerprint density at radius 2 is 1.18 bits per heavy atom. The van der Waals surface area contributed by atoms with Crippen LogP contribution in [0.3, 0.4) is 0 Å². The van der Waals surface area contributed by atoms with Crippen LogP contribution in [-0.2, 0) is 28.5 Å². The van der Waals surface area contributed by atoms with Gasteiger partial charge in [-0.15, -0.1) is 5.73 Å². The number of esters is 2. The molecule has 4 N–H and O–H groups in total. The fraction of sp³-hybridized carbons (Fsp3) is 0.829. The molecule has 2 unspecified atom stereocenters. The lowest BCUT2D eigenvalue weighted by Crippen LogP contribution is -2.59. The summed E-state index contributed by atoms with van der Waals surface area (Å²) in [5.74, 6) is -0.841. The maximum Gasteiger partial charge on any atom is 0.306 e. The van der Waals surface area contributed by atoms with Crippen LogP contribution in [0.2, 0.25) is 0 Å². The van der Waals surface area contributed by atoms with Crippen molar-refractivity contribution in [3.8, 4) is 0 Å². The van der Waals surface area contributed by atoms with Crippen molar-refractivity contribution in [2.75, 3.05) is 19.8 Å². The van der Waals surface area contributed by atoms with Crippen molar-refractivity contribution in [2.45, 2.75) is 198 Å². The highest BCUT2D eigenvalue weighted by Gasteiger charge is 2.44. The predicted molar refractivity (Wildman–Crippen MR) is 200 cm³/mol. The summed E-state index contributed by atoms with van der Waals surface area (Å²) >= 11 is 0. The Morgan fingerprint density at radius 3 is 1.78 bits per heavy atom. The minimum Gasteiger partial charge on any atom is -0.462 e. The predicted octanol–water partition coefficient (Wildman–Crippen LogP) is 7.54. The number of hydrogen-bond donors (Lipinski definition) is 4. The fourth-order valence-electron chi connectivity index (χ4n) is 5.79. The van der Waals surface area contributed by atoms with Gasteiger partial charge < -0.3 is 39.4 Å². The molecule has 0 aromatic heterocycles. The van der Waals surface area contributed by atoms with Gasteiger partial charge in [-0.3, -0.25) is 9.59 Å². The van der Waals surface area contributed by atoms with Crippen LogP contribution in [0.25, 0.3) is 0 Å². The maximum atomic E-state index is 12.7. The second kappa shape index (κ2) is 32.6. The molecule has 0 spiro atoms. The molecule has 1 aliphatic rings. The van der Waals surface area contributed by atoms with Gasteiger partial charge in [-0.1, -0.05) is 103 Å². The third-order valence-corrected chi connectivity index (χ3v) is 9.08. The summed E-state index contributed by atoms with van der Waals surface area (Å²) in [7, 11) is 0. The van der Waals surface area contributed by atoms with Gasteiger partial charge in [0.1, 0.15) is 31.0 Å². The second-order valence-corrected chi connectivity index (χ2v) is 13.8. The van der Waals surface area contributed by atoms with Crippen molar-refractivity contribution in [3.05, 3.63) is 30.0 Å². The summed E-state index contributed by atoms with van der Waals surface area (Å²) in [5.41, 5.74) is 3.29. The summed E-state index contributed by atoms with van der Waals surface area (Å²) < 4.78 is 22.0. The summed E-state index contributed by atoms with van der Waals surface area (Å²) in [6.45, 7) is 3.32. The molecule has 0 aromatic rings. The summed E-state index contributed by atoms with van der Waals surface area (Å²) in [4.78, 5) is 25.2. The SMILES string of the molecule is CCCC/C=C/CCCCCCCC(=O)OC[C@H](CO[C@@H]1O[C@H](CO)[C@H](O)C(O)C1O)OC(=O)CCCCCCCC=C=CCCCCCCC. The zero-order valence-electron chi connectivity index (χ0n) is 31.9. The molecule has 1 rings (SSSR count). The molecule has 51 heavy (non-hydrogen) atoms. The van der Waals surface area contributed by atoms with E-state index in [2.05, 4.69) is 43.9 Å². The van der Waals surface area contributed by atoms with Crippen molar-refractivity contribution >= 4 is 11.9 Å². The van der Waals surface area contributed by atoms with Gasteiger partial charge in [0.05, 0.1) is 13.2 Å². The van der Waals surface area contributed by atoms with E-state index in [1.807, 2.05) is 0 Å². The Hall–Kier alpha value is -2.04. The van der Waals surface area contributed by atoms with E-state index >= 15 is 0 Å². The molecule has 0 bridgehead atoms. The quantitative estimate of drug-likeness (QED) is 0.0237. The van der Waals surface area contributed by atoms with Gasteiger partial charge in [0, 0.05) is 12.8 Å². The minimum absolute atomic E-state index is 0.208. The van der Waals surface area contributed by atoms with E-state index in [1.54, 1.807) is 0 Å². The van der Waals surface area contributed by atoms with Crippen molar-refractivity contribution in [3.63, 3.8) is 0 Å². The first-order valence-electron chi connectivity index (χ1n) is 20.2. The molecule has 296 valence electrons. The third kappa shape index (κ3) is 24.8. The molecule has 0 saturated carbocycles. The van der Waals surface area contributed by atoms with Gasteiger partial charge in [-0.25, -0.2) is 0 Å². The summed E-state index contributed by atoms with van der Waals surface area (Å²) in [5, 5.41) is 39.9. The number of ether oxygens (including phenoxy) is 4. The molecule has 1 aliphatic heterocycles. The van der Waals surface area contributed by atoms with E-state index in [0.717, 1.165) is 77.0 Å². The average molecular weight is 725 g/mol. The van der Waals surface area contributed by atoms with Crippen LogP contribution in [0, 0.1) is 0 Å². The number of aliphatic hydroxyl groups is 4. The number of rotatable bonds is 32. The first-order chi connectivity index (χ1) is 24.8. The zero-order chi connectivity index (χ0) is 37.4. The Labute approximate surface area is 308 Å². The highest BCUT2D eigenvalue weighted by molar-refractivity contribution is 5.70. The number of aliphatic hydroxyl groups excluding tert-OH is 4. The van der Waals surface area contributed by atoms with Gasteiger partial charge in [-0.2, -0.15) is 0 Å². The smallest absolute Gasteiger partial charge is 0.306 e. The van der Waals surface area contributed by atoms with E-state index in [0.29, 0.717) is 12.8 Å². The molecule has 0 aromatic carbocycles. The molecule has 10 nitrogen and oxygen atoms in total. The summed E-state index contributed by atoms with van der Waals surface area (Å²) in [6, 6.07) is 0. The molecular weight excluding hydrogens is 652 g/mol. The Morgan fingerprint density at radius 1 is 0.647 bits per heavy atom. The molecule has 0 radical (unpaired) electrons. The maximum absolute atomic E-state index is 12.7. The number of allylic oxidation sites excluding steroid dienone is 3. The van der Waals surface area contributed by atoms with Gasteiger partial charge in [0.15, 0.2) is 12.4 Å². The van der Waals surface area contributed by atoms with Crippen molar-refractivity contribution in [1.82, 2.24) is 0 Å². The third-order valence-electron chi connectivity index (χ3n) is 9.08. The molecule has 10 heteroatoms. The van der Waals surface area contributed by atoms with Gasteiger partial charge >= 0.3 is 11.9 Å². The van der Waals surface area contributed by atoms with Gasteiger partial charge in [-0.05, 0) is 69.9 Å². The van der Waals surface area contributed by atoms with Crippen LogP contribution in [0.5, 0.6) is 0 Å². The van der Waals surface area contributed by atoms with Crippen LogP contribution in [0.15, 0.2) is 30.0 Å². The lowest BCUT2D eigenvalue weighted by Gasteiger charge is -2.39. The Kier molecular flexibility index (Phi) is 30.0. The first kappa shape index (κ1) is 47.0. The molecule has 1 fully saturated rings. The second-order valence-electron chi connectivity index (χ2n) is 13.8. The fourth-order valence-corrected chi connectivity index (χ4v) is 5.79. The topological polar surface area (TPSA) is 152 Å². The zero-order valence-corrected chi connectivity index (χ0v) is 31.9. The van der Waals surface area contributed by atoms with Crippen LogP contribution in [0.1, 0.15) is 162 Å². The average Bonchev–Trinajstić information content (AvgIpc) is 3.13. The van der Waals surface area contributed by atoms with Crippen LogP contribution >= 0.6 is 0 Å². The van der Waals surface area contributed by atoms with Crippen LogP contribution in [-0.4, -0.2) is 89.0 Å². The highest BCUT2D eigenvalue weighted by Crippen LogP contribution is 2.22. The van der Waals surface area contributed by atoms with E-state index in [9.17, 15) is 30.0 Å². The van der Waals surface area contributed by atoms with Crippen molar-refractivity contribution < 1.29 is 49.0 Å². The number of hydrogen-bond acceptors (Lipinski definition) is 10. The molecule has 0 amide bonds. The molecule has 1 saturated heterocycles. The van der Waals surface area contributed by atoms with E-state index in [1.165, 1.54) is 44.9 Å². The standard InChI is InChI=1S/C41H72O10/c1-3-5-7-9-11-13-15-16-17-18-20-22-24-26-28-30-37(44)50-34(33-49-41-40(47)39(46)38(45)35(31-42)51-41)32-48-36(43)29-27-25-23-21-19-14-12-10-8-6-4-2/h10,12,15,17,34-35,38-42,45-47H,3-9,11,13-14,18-33H2,1-2H3/b12-10+/t16?,34-,35-,38+,39?,40?,41-/m1/s1. The van der Waals surface area contributed by atoms with Crippen LogP contribution in [0.4, 0.5) is 0 Å². The van der Waals surface area contributed by atoms with Crippen molar-refractivity contribution in [1.29, 1.82) is 0 Å².